The second-order valence-electron chi connectivity index (χ2n) is 4.59. The minimum Gasteiger partial charge on any atom is -0.469 e. The van der Waals surface area contributed by atoms with Crippen LogP contribution in [0, 0.1) is 12.7 Å². The lowest BCUT2D eigenvalue weighted by Gasteiger charge is -2.07. The first-order chi connectivity index (χ1) is 10.5. The highest BCUT2D eigenvalue weighted by Gasteiger charge is 2.16. The number of para-hydroxylation sites is 1. The van der Waals surface area contributed by atoms with Gasteiger partial charge in [-0.15, -0.1) is 0 Å². The van der Waals surface area contributed by atoms with Crippen molar-refractivity contribution in [1.82, 2.24) is 15.1 Å². The number of halogens is 1. The predicted octanol–water partition coefficient (Wildman–Crippen LogP) is 1.61. The fourth-order valence-corrected chi connectivity index (χ4v) is 1.97. The number of rotatable bonds is 5. The topological polar surface area (TPSA) is 73.2 Å². The van der Waals surface area contributed by atoms with Crippen molar-refractivity contribution < 1.29 is 18.7 Å². The molecule has 0 radical (unpaired) electrons. The highest BCUT2D eigenvalue weighted by molar-refractivity contribution is 5.95. The van der Waals surface area contributed by atoms with Gasteiger partial charge < -0.3 is 10.1 Å². The molecule has 0 atom stereocenters. The van der Waals surface area contributed by atoms with Crippen LogP contribution in [0.1, 0.15) is 22.5 Å². The van der Waals surface area contributed by atoms with E-state index in [0.717, 1.165) is 0 Å². The maximum absolute atomic E-state index is 13.8. The quantitative estimate of drug-likeness (QED) is 0.852. The van der Waals surface area contributed by atoms with Crippen molar-refractivity contribution in [2.24, 2.45) is 0 Å². The molecule has 22 heavy (non-hydrogen) atoms. The van der Waals surface area contributed by atoms with Gasteiger partial charge >= 0.3 is 5.97 Å². The van der Waals surface area contributed by atoms with Crippen molar-refractivity contribution in [3.8, 4) is 5.69 Å². The smallest absolute Gasteiger partial charge is 0.307 e. The van der Waals surface area contributed by atoms with Crippen molar-refractivity contribution >= 4 is 11.9 Å². The molecular weight excluding hydrogens is 289 g/mol. The molecule has 0 unspecified atom stereocenters. The van der Waals surface area contributed by atoms with Gasteiger partial charge in [-0.2, -0.15) is 5.10 Å². The third kappa shape index (κ3) is 3.30. The van der Waals surface area contributed by atoms with Crippen molar-refractivity contribution in [2.45, 2.75) is 13.3 Å². The average molecular weight is 305 g/mol. The van der Waals surface area contributed by atoms with E-state index < -0.39 is 11.8 Å². The summed E-state index contributed by atoms with van der Waals surface area (Å²) >= 11 is 0. The molecule has 0 saturated heterocycles. The number of ether oxygens (including phenoxy) is 1. The Balaban J connectivity index is 2.12. The van der Waals surface area contributed by atoms with Crippen LogP contribution in [0.25, 0.3) is 5.69 Å². The molecule has 1 N–H and O–H groups in total. The summed E-state index contributed by atoms with van der Waals surface area (Å²) in [6, 6.07) is 6.18. The number of amides is 1. The number of nitrogens with one attached hydrogen (secondary N) is 1. The number of methoxy groups -OCH3 is 1. The van der Waals surface area contributed by atoms with Gasteiger partial charge in [0.2, 0.25) is 0 Å². The number of carbonyl (C=O) groups excluding carboxylic acids is 2. The summed E-state index contributed by atoms with van der Waals surface area (Å²) in [6.45, 7) is 1.84. The summed E-state index contributed by atoms with van der Waals surface area (Å²) in [5.41, 5.74) is 1.11. The second-order valence-corrected chi connectivity index (χ2v) is 4.59. The lowest BCUT2D eigenvalue weighted by molar-refractivity contribution is -0.140. The fraction of sp³-hybridized carbons (Fsp3) is 0.267. The Morgan fingerprint density at radius 3 is 2.77 bits per heavy atom. The zero-order chi connectivity index (χ0) is 16.1. The van der Waals surface area contributed by atoms with E-state index in [0.29, 0.717) is 11.3 Å². The highest BCUT2D eigenvalue weighted by atomic mass is 19.1. The average Bonchev–Trinajstić information content (AvgIpc) is 2.89. The predicted molar refractivity (Wildman–Crippen MR) is 77.2 cm³/mol. The molecule has 2 rings (SSSR count). The SMILES string of the molecule is COC(=O)CCNC(=O)c1cnn(-c2ccccc2F)c1C. The van der Waals surface area contributed by atoms with E-state index in [2.05, 4.69) is 15.2 Å². The Hall–Kier alpha value is -2.70. The summed E-state index contributed by atoms with van der Waals surface area (Å²) in [5, 5.41) is 6.65. The lowest BCUT2D eigenvalue weighted by atomic mass is 10.2. The molecule has 1 aromatic heterocycles. The number of hydrogen-bond donors (Lipinski definition) is 1. The van der Waals surface area contributed by atoms with Crippen LogP contribution < -0.4 is 5.32 Å². The third-order valence-corrected chi connectivity index (χ3v) is 3.18. The molecule has 0 bridgehead atoms. The van der Waals surface area contributed by atoms with Crippen molar-refractivity contribution in [2.75, 3.05) is 13.7 Å². The number of carbonyl (C=O) groups is 2. The second kappa shape index (κ2) is 6.84. The largest absolute Gasteiger partial charge is 0.469 e. The lowest BCUT2D eigenvalue weighted by Crippen LogP contribution is -2.26. The van der Waals surface area contributed by atoms with Crippen LogP contribution in [0.2, 0.25) is 0 Å². The maximum atomic E-state index is 13.8. The van der Waals surface area contributed by atoms with Gasteiger partial charge in [-0.3, -0.25) is 9.59 Å². The van der Waals surface area contributed by atoms with Crippen molar-refractivity contribution in [1.29, 1.82) is 0 Å². The van der Waals surface area contributed by atoms with Crippen LogP contribution in [0.5, 0.6) is 0 Å². The van der Waals surface area contributed by atoms with Gasteiger partial charge in [0.1, 0.15) is 11.5 Å². The Bertz CT molecular complexity index is 697. The molecular formula is C15H16FN3O3. The zero-order valence-corrected chi connectivity index (χ0v) is 12.3. The van der Waals surface area contributed by atoms with Crippen molar-refractivity contribution in [3.63, 3.8) is 0 Å². The number of esters is 1. The first-order valence-corrected chi connectivity index (χ1v) is 6.69. The maximum Gasteiger partial charge on any atom is 0.307 e. The number of aromatic nitrogens is 2. The van der Waals surface area contributed by atoms with Crippen molar-refractivity contribution in [3.05, 3.63) is 47.5 Å². The molecule has 116 valence electrons. The van der Waals surface area contributed by atoms with Crippen LogP contribution in [-0.4, -0.2) is 35.3 Å². The summed E-state index contributed by atoms with van der Waals surface area (Å²) in [4.78, 5) is 23.0. The minimum absolute atomic E-state index is 0.0860. The Labute approximate surface area is 126 Å². The molecule has 7 heteroatoms. The molecule has 6 nitrogen and oxygen atoms in total. The highest BCUT2D eigenvalue weighted by Crippen LogP contribution is 2.16. The molecule has 0 spiro atoms. The van der Waals surface area contributed by atoms with Gasteiger partial charge in [0.05, 0.1) is 31.0 Å². The Kier molecular flexibility index (Phi) is 4.88. The Morgan fingerprint density at radius 2 is 2.09 bits per heavy atom. The first-order valence-electron chi connectivity index (χ1n) is 6.69. The molecule has 0 aliphatic carbocycles. The standard InChI is InChI=1S/C15H16FN3O3/c1-10-11(15(21)17-8-7-14(20)22-2)9-18-19(10)13-6-4-3-5-12(13)16/h3-6,9H,7-8H2,1-2H3,(H,17,21). The third-order valence-electron chi connectivity index (χ3n) is 3.18. The fourth-order valence-electron chi connectivity index (χ4n) is 1.97. The summed E-state index contributed by atoms with van der Waals surface area (Å²) in [7, 11) is 1.28. The van der Waals surface area contributed by atoms with Gasteiger partial charge in [-0.1, -0.05) is 12.1 Å². The van der Waals surface area contributed by atoms with Crippen LogP contribution >= 0.6 is 0 Å². The zero-order valence-electron chi connectivity index (χ0n) is 12.3. The molecule has 0 saturated carbocycles. The van der Waals surface area contributed by atoms with Crippen LogP contribution in [0.3, 0.4) is 0 Å². The monoisotopic (exact) mass is 305 g/mol. The summed E-state index contributed by atoms with van der Waals surface area (Å²) < 4.78 is 19.6. The van der Waals surface area contributed by atoms with Crippen LogP contribution in [0.15, 0.2) is 30.5 Å². The Morgan fingerprint density at radius 1 is 1.36 bits per heavy atom. The molecule has 1 aromatic carbocycles. The van der Waals surface area contributed by atoms with Crippen LogP contribution in [0.4, 0.5) is 4.39 Å². The number of nitrogens with zero attached hydrogens (tertiary/aromatic N) is 2. The van der Waals surface area contributed by atoms with E-state index >= 15 is 0 Å². The minimum atomic E-state index is -0.425. The molecule has 2 aromatic rings. The first kappa shape index (κ1) is 15.7. The van der Waals surface area contributed by atoms with Gasteiger partial charge in [0.25, 0.3) is 5.91 Å². The summed E-state index contributed by atoms with van der Waals surface area (Å²) in [5.74, 6) is -1.20. The van der Waals surface area contributed by atoms with Gasteiger partial charge in [-0.25, -0.2) is 9.07 Å². The molecule has 0 aliphatic heterocycles. The number of benzene rings is 1. The van der Waals surface area contributed by atoms with Gasteiger partial charge in [-0.05, 0) is 19.1 Å². The van der Waals surface area contributed by atoms with E-state index in [1.165, 1.54) is 24.1 Å². The van der Waals surface area contributed by atoms with Gasteiger partial charge in [0.15, 0.2) is 0 Å². The van der Waals surface area contributed by atoms with E-state index in [-0.39, 0.29) is 24.6 Å². The van der Waals surface area contributed by atoms with E-state index in [1.54, 1.807) is 25.1 Å². The van der Waals surface area contributed by atoms with Crippen LogP contribution in [-0.2, 0) is 9.53 Å². The number of hydrogen-bond acceptors (Lipinski definition) is 4. The normalized spacial score (nSPS) is 10.3. The van der Waals surface area contributed by atoms with E-state index in [4.69, 9.17) is 0 Å². The molecule has 0 aliphatic rings. The molecule has 1 amide bonds. The molecule has 0 fully saturated rings. The van der Waals surface area contributed by atoms with E-state index in [1.807, 2.05) is 0 Å². The van der Waals surface area contributed by atoms with E-state index in [9.17, 15) is 14.0 Å². The van der Waals surface area contributed by atoms with Gasteiger partial charge in [0, 0.05) is 6.54 Å². The summed E-state index contributed by atoms with van der Waals surface area (Å²) in [6.07, 6.45) is 1.46. The molecule has 1 heterocycles.